The van der Waals surface area contributed by atoms with Gasteiger partial charge in [0.05, 0.1) is 29.1 Å². The number of rotatable bonds is 4. The lowest BCUT2D eigenvalue weighted by Crippen LogP contribution is -2.70. The summed E-state index contributed by atoms with van der Waals surface area (Å²) in [5.41, 5.74) is -1.95. The molecule has 0 aliphatic heterocycles. The van der Waals surface area contributed by atoms with Gasteiger partial charge in [-0.2, -0.15) is 0 Å². The van der Waals surface area contributed by atoms with E-state index in [4.69, 9.17) is 9.47 Å². The summed E-state index contributed by atoms with van der Waals surface area (Å²) < 4.78 is 11.8. The van der Waals surface area contributed by atoms with Crippen molar-refractivity contribution in [2.45, 2.75) is 111 Å². The average molecular weight is 547 g/mol. The molecule has 10 unspecified atom stereocenters. The summed E-state index contributed by atoms with van der Waals surface area (Å²) in [7, 11) is 3.25. The topological polar surface area (TPSA) is 113 Å². The van der Waals surface area contributed by atoms with E-state index in [1.807, 2.05) is 6.92 Å². The molecule has 7 heteroatoms. The molecule has 0 aromatic rings. The summed E-state index contributed by atoms with van der Waals surface area (Å²) in [6.45, 7) is 13.0. The second kappa shape index (κ2) is 8.78. The minimum absolute atomic E-state index is 0.0728. The molecule has 0 heterocycles. The van der Waals surface area contributed by atoms with Crippen LogP contribution < -0.4 is 0 Å². The summed E-state index contributed by atoms with van der Waals surface area (Å²) >= 11 is 0. The van der Waals surface area contributed by atoms with Crippen molar-refractivity contribution in [3.05, 3.63) is 11.6 Å². The Morgan fingerprint density at radius 2 is 1.51 bits per heavy atom. The molecule has 5 aliphatic rings. The molecular weight excluding hydrogens is 496 g/mol. The molecule has 4 saturated carbocycles. The highest BCUT2D eigenvalue weighted by atomic mass is 16.5. The van der Waals surface area contributed by atoms with Crippen LogP contribution in [0.4, 0.5) is 0 Å². The van der Waals surface area contributed by atoms with Crippen molar-refractivity contribution in [2.75, 3.05) is 14.2 Å². The third-order valence-corrected chi connectivity index (χ3v) is 13.9. The van der Waals surface area contributed by atoms with E-state index in [0.717, 1.165) is 37.7 Å². The maximum absolute atomic E-state index is 13.0. The highest BCUT2D eigenvalue weighted by Crippen LogP contribution is 2.76. The second-order valence-electron chi connectivity index (χ2n) is 15.4. The normalized spacial score (nSPS) is 52.4. The largest absolute Gasteiger partial charge is 0.481 e. The minimum atomic E-state index is -1.08. The number of aliphatic carboxylic acids is 2. The molecule has 0 spiro atoms. The summed E-state index contributed by atoms with van der Waals surface area (Å²) in [6, 6.07) is 0. The van der Waals surface area contributed by atoms with Crippen LogP contribution in [0.2, 0.25) is 0 Å². The first kappa shape index (κ1) is 29.1. The van der Waals surface area contributed by atoms with Crippen LogP contribution in [0.1, 0.15) is 92.9 Å². The lowest BCUT2D eigenvalue weighted by molar-refractivity contribution is -0.249. The van der Waals surface area contributed by atoms with Gasteiger partial charge in [-0.1, -0.05) is 46.3 Å². The summed E-state index contributed by atoms with van der Waals surface area (Å²) in [6.07, 6.45) is 6.47. The lowest BCUT2D eigenvalue weighted by atomic mass is 9.33. The van der Waals surface area contributed by atoms with Crippen LogP contribution in [0.25, 0.3) is 0 Å². The van der Waals surface area contributed by atoms with E-state index in [1.54, 1.807) is 14.2 Å². The highest BCUT2D eigenvalue weighted by Gasteiger charge is 2.73. The van der Waals surface area contributed by atoms with E-state index in [0.29, 0.717) is 19.3 Å². The Balaban J connectivity index is 1.65. The predicted molar refractivity (Wildman–Crippen MR) is 147 cm³/mol. The molecule has 5 aliphatic carbocycles. The smallest absolute Gasteiger partial charge is 0.312 e. The van der Waals surface area contributed by atoms with Gasteiger partial charge in [-0.3, -0.25) is 9.59 Å². The fourth-order valence-corrected chi connectivity index (χ4v) is 11.2. The van der Waals surface area contributed by atoms with Crippen molar-refractivity contribution in [3.8, 4) is 0 Å². The van der Waals surface area contributed by atoms with Gasteiger partial charge in [0, 0.05) is 20.1 Å². The number of carboxylic acids is 2. The fraction of sp³-hybridized carbons (Fsp3) is 0.875. The van der Waals surface area contributed by atoms with Gasteiger partial charge >= 0.3 is 11.9 Å². The maximum atomic E-state index is 13.0. The van der Waals surface area contributed by atoms with Crippen LogP contribution in [-0.2, 0) is 19.1 Å². The first-order valence-corrected chi connectivity index (χ1v) is 14.9. The predicted octanol–water partition coefficient (Wildman–Crippen LogP) is 5.55. The second-order valence-corrected chi connectivity index (χ2v) is 15.4. The van der Waals surface area contributed by atoms with Gasteiger partial charge in [0.2, 0.25) is 0 Å². The van der Waals surface area contributed by atoms with Crippen molar-refractivity contribution in [1.82, 2.24) is 0 Å². The van der Waals surface area contributed by atoms with E-state index in [-0.39, 0.29) is 39.6 Å². The molecule has 5 rings (SSSR count). The molecule has 0 aromatic carbocycles. The summed E-state index contributed by atoms with van der Waals surface area (Å²) in [4.78, 5) is 25.8. The van der Waals surface area contributed by atoms with Crippen molar-refractivity contribution in [2.24, 2.45) is 50.2 Å². The first-order chi connectivity index (χ1) is 18.0. The van der Waals surface area contributed by atoms with Gasteiger partial charge < -0.3 is 24.8 Å². The minimum Gasteiger partial charge on any atom is -0.481 e. The Labute approximate surface area is 233 Å². The molecule has 3 N–H and O–H groups in total. The van der Waals surface area contributed by atoms with Gasteiger partial charge in [0.1, 0.15) is 0 Å². The van der Waals surface area contributed by atoms with Gasteiger partial charge in [-0.05, 0) is 91.8 Å². The van der Waals surface area contributed by atoms with E-state index >= 15 is 0 Å². The number of methoxy groups -OCH3 is 2. The third kappa shape index (κ3) is 3.39. The van der Waals surface area contributed by atoms with E-state index in [2.05, 4.69) is 40.7 Å². The standard InChI is InChI=1S/C32H50O7/c1-27(2)13-15-32(26(36)37)16-14-29(4)18(22(32)23(27)33)9-10-20-28(3)17-19(38-7)24(39-8)31(6,25(34)35)21(28)11-12-30(20,29)5/h9,19-24,33H,10-17H2,1-8H3,(H,34,35)(H,36,37)/t19?,20?,21?,22?,23?,24?,28?,29?,30?,31-,32?/m1/s1. The van der Waals surface area contributed by atoms with Gasteiger partial charge in [0.15, 0.2) is 0 Å². The third-order valence-electron chi connectivity index (χ3n) is 13.9. The highest BCUT2D eigenvalue weighted by molar-refractivity contribution is 5.77. The molecule has 0 radical (unpaired) electrons. The fourth-order valence-electron chi connectivity index (χ4n) is 11.2. The van der Waals surface area contributed by atoms with Gasteiger partial charge in [-0.25, -0.2) is 0 Å². The quantitative estimate of drug-likeness (QED) is 0.396. The molecule has 220 valence electrons. The zero-order chi connectivity index (χ0) is 29.0. The van der Waals surface area contributed by atoms with E-state index < -0.39 is 40.9 Å². The number of hydrogen-bond acceptors (Lipinski definition) is 5. The number of aliphatic hydroxyl groups is 1. The molecule has 39 heavy (non-hydrogen) atoms. The summed E-state index contributed by atoms with van der Waals surface area (Å²) in [5.74, 6) is -1.87. The Hall–Kier alpha value is -1.44. The zero-order valence-electron chi connectivity index (χ0n) is 25.2. The number of hydrogen-bond donors (Lipinski definition) is 3. The van der Waals surface area contributed by atoms with E-state index in [9.17, 15) is 24.9 Å². The van der Waals surface area contributed by atoms with Crippen molar-refractivity contribution < 1.29 is 34.4 Å². The lowest BCUT2D eigenvalue weighted by Gasteiger charge is -2.71. The number of fused-ring (bicyclic) bond motifs is 7. The van der Waals surface area contributed by atoms with Crippen LogP contribution in [0.15, 0.2) is 11.6 Å². The monoisotopic (exact) mass is 546 g/mol. The van der Waals surface area contributed by atoms with Crippen LogP contribution in [-0.4, -0.2) is 59.8 Å². The Bertz CT molecular complexity index is 1080. The van der Waals surface area contributed by atoms with Crippen molar-refractivity contribution in [1.29, 1.82) is 0 Å². The van der Waals surface area contributed by atoms with Crippen LogP contribution in [0, 0.1) is 50.2 Å². The number of aliphatic hydroxyl groups excluding tert-OH is 1. The number of ether oxygens (including phenoxy) is 2. The number of carbonyl (C=O) groups is 2. The van der Waals surface area contributed by atoms with E-state index in [1.165, 1.54) is 0 Å². The Morgan fingerprint density at radius 3 is 2.08 bits per heavy atom. The van der Waals surface area contributed by atoms with Gasteiger partial charge in [-0.15, -0.1) is 0 Å². The van der Waals surface area contributed by atoms with Crippen molar-refractivity contribution >= 4 is 11.9 Å². The number of allylic oxidation sites excluding steroid dienone is 1. The van der Waals surface area contributed by atoms with Gasteiger partial charge in [0.25, 0.3) is 0 Å². The average Bonchev–Trinajstić information content (AvgIpc) is 2.86. The molecule has 0 amide bonds. The van der Waals surface area contributed by atoms with Crippen LogP contribution in [0.5, 0.6) is 0 Å². The molecule has 4 fully saturated rings. The molecule has 7 nitrogen and oxygen atoms in total. The van der Waals surface area contributed by atoms with Crippen LogP contribution >= 0.6 is 0 Å². The Morgan fingerprint density at radius 1 is 0.872 bits per heavy atom. The molecule has 11 atom stereocenters. The zero-order valence-corrected chi connectivity index (χ0v) is 25.2. The SMILES string of the molecule is COC1CC2(C)C3CC=C4C5C(O)C(C)(C)CCC5(C(=O)O)CCC4(C)C3(C)CCC2[C@@](C)(C(=O)O)C1OC. The Kier molecular flexibility index (Phi) is 6.54. The molecular formula is C32H50O7. The molecule has 0 aromatic heterocycles. The van der Waals surface area contributed by atoms with Crippen molar-refractivity contribution in [3.63, 3.8) is 0 Å². The maximum Gasteiger partial charge on any atom is 0.312 e. The summed E-state index contributed by atoms with van der Waals surface area (Å²) in [5, 5.41) is 33.0. The van der Waals surface area contributed by atoms with Crippen LogP contribution in [0.3, 0.4) is 0 Å². The number of carboxylic acid groups (broad SMARTS) is 2. The molecule has 0 bridgehead atoms. The molecule has 0 saturated heterocycles. The first-order valence-electron chi connectivity index (χ1n) is 14.9.